The summed E-state index contributed by atoms with van der Waals surface area (Å²) in [7, 11) is 0. The summed E-state index contributed by atoms with van der Waals surface area (Å²) in [6.45, 7) is 4.06. The number of hydrogen-bond donors (Lipinski definition) is 3. The molecule has 118 valence electrons. The molecule has 0 spiro atoms. The fraction of sp³-hybridized carbons (Fsp3) is 0.0667. The first-order valence-electron chi connectivity index (χ1n) is 6.61. The van der Waals surface area contributed by atoms with Gasteiger partial charge >= 0.3 is 0 Å². The van der Waals surface area contributed by atoms with E-state index in [0.717, 1.165) is 0 Å². The van der Waals surface area contributed by atoms with Gasteiger partial charge in [0, 0.05) is 24.2 Å². The Labute approximate surface area is 137 Å². The van der Waals surface area contributed by atoms with Crippen molar-refractivity contribution < 1.29 is 10.0 Å². The van der Waals surface area contributed by atoms with Crippen molar-refractivity contribution in [3.63, 3.8) is 0 Å². The molecule has 0 bridgehead atoms. The largest absolute Gasteiger partial charge is 0.507 e. The molecule has 0 aliphatic carbocycles. The highest BCUT2D eigenvalue weighted by Crippen LogP contribution is 2.28. The molecule has 2 aromatic rings. The molecule has 0 fully saturated rings. The van der Waals surface area contributed by atoms with Crippen LogP contribution in [0, 0.1) is 10.1 Å². The van der Waals surface area contributed by atoms with E-state index in [-0.39, 0.29) is 11.4 Å². The van der Waals surface area contributed by atoms with Crippen molar-refractivity contribution in [2.45, 2.75) is 0 Å². The number of aromatic hydroxyl groups is 1. The van der Waals surface area contributed by atoms with Crippen LogP contribution >= 0.6 is 12.2 Å². The Bertz CT molecular complexity index is 805. The lowest BCUT2D eigenvalue weighted by molar-refractivity contribution is -0.384. The molecule has 0 radical (unpaired) electrons. The highest BCUT2D eigenvalue weighted by Gasteiger charge is 2.10. The number of nitro benzene ring substituents is 1. The van der Waals surface area contributed by atoms with Crippen molar-refractivity contribution in [3.05, 3.63) is 58.7 Å². The van der Waals surface area contributed by atoms with E-state index in [2.05, 4.69) is 22.4 Å². The van der Waals surface area contributed by atoms with Gasteiger partial charge in [0.05, 0.1) is 11.1 Å². The van der Waals surface area contributed by atoms with E-state index >= 15 is 0 Å². The number of fused-ring (bicyclic) bond motifs is 1. The van der Waals surface area contributed by atoms with Crippen LogP contribution in [0.3, 0.4) is 0 Å². The predicted octanol–water partition coefficient (Wildman–Crippen LogP) is 2.44. The minimum atomic E-state index is -0.467. The molecule has 0 aromatic heterocycles. The molecular formula is C15H14N4O3S. The lowest BCUT2D eigenvalue weighted by Gasteiger charge is -2.06. The van der Waals surface area contributed by atoms with Crippen LogP contribution in [0.4, 0.5) is 5.69 Å². The van der Waals surface area contributed by atoms with Gasteiger partial charge in [-0.2, -0.15) is 5.10 Å². The maximum Gasteiger partial charge on any atom is 0.270 e. The fourth-order valence-electron chi connectivity index (χ4n) is 1.94. The third-order valence-corrected chi connectivity index (χ3v) is 3.24. The van der Waals surface area contributed by atoms with Crippen LogP contribution in [-0.4, -0.2) is 27.9 Å². The average Bonchev–Trinajstić information content (AvgIpc) is 2.54. The Balaban J connectivity index is 2.29. The minimum absolute atomic E-state index is 0.0148. The monoisotopic (exact) mass is 330 g/mol. The predicted molar refractivity (Wildman–Crippen MR) is 93.8 cm³/mol. The number of nitrogens with one attached hydrogen (secondary N) is 2. The van der Waals surface area contributed by atoms with Gasteiger partial charge < -0.3 is 10.4 Å². The van der Waals surface area contributed by atoms with E-state index < -0.39 is 4.92 Å². The molecule has 0 aliphatic rings. The van der Waals surface area contributed by atoms with E-state index in [9.17, 15) is 15.2 Å². The van der Waals surface area contributed by atoms with E-state index in [1.54, 1.807) is 18.2 Å². The lowest BCUT2D eigenvalue weighted by Crippen LogP contribution is -2.31. The van der Waals surface area contributed by atoms with Gasteiger partial charge in [-0.15, -0.1) is 6.58 Å². The van der Waals surface area contributed by atoms with Crippen molar-refractivity contribution in [3.8, 4) is 5.75 Å². The molecule has 23 heavy (non-hydrogen) atoms. The smallest absolute Gasteiger partial charge is 0.270 e. The van der Waals surface area contributed by atoms with Crippen LogP contribution in [0.2, 0.25) is 0 Å². The molecule has 0 unspecified atom stereocenters. The van der Waals surface area contributed by atoms with Crippen LogP contribution < -0.4 is 10.7 Å². The Morgan fingerprint density at radius 1 is 1.43 bits per heavy atom. The van der Waals surface area contributed by atoms with Gasteiger partial charge in [0.2, 0.25) is 0 Å². The van der Waals surface area contributed by atoms with Crippen LogP contribution in [0.5, 0.6) is 5.75 Å². The number of phenolic OH excluding ortho intramolecular Hbond substituents is 1. The molecule has 2 rings (SSSR count). The molecule has 0 atom stereocenters. The molecule has 8 heteroatoms. The normalized spacial score (nSPS) is 10.6. The first kappa shape index (κ1) is 16.4. The molecule has 0 aliphatic heterocycles. The summed E-state index contributed by atoms with van der Waals surface area (Å²) < 4.78 is 0. The Hall–Kier alpha value is -3.00. The Morgan fingerprint density at radius 2 is 2.22 bits per heavy atom. The number of benzene rings is 2. The molecule has 2 aromatic carbocycles. The number of non-ortho nitro benzene ring substituents is 1. The fourth-order valence-corrected chi connectivity index (χ4v) is 2.07. The summed E-state index contributed by atoms with van der Waals surface area (Å²) in [5.41, 5.74) is 3.04. The van der Waals surface area contributed by atoms with Gasteiger partial charge in [-0.1, -0.05) is 12.1 Å². The topological polar surface area (TPSA) is 99.8 Å². The van der Waals surface area contributed by atoms with E-state index in [4.69, 9.17) is 12.2 Å². The molecule has 0 amide bonds. The second-order valence-electron chi connectivity index (χ2n) is 4.53. The summed E-state index contributed by atoms with van der Waals surface area (Å²) in [5.74, 6) is 0.0156. The van der Waals surface area contributed by atoms with Gasteiger partial charge in [-0.3, -0.25) is 15.5 Å². The first-order chi connectivity index (χ1) is 11.0. The number of rotatable bonds is 5. The zero-order valence-corrected chi connectivity index (χ0v) is 12.8. The van der Waals surface area contributed by atoms with Crippen LogP contribution in [0.15, 0.2) is 48.1 Å². The van der Waals surface area contributed by atoms with Gasteiger partial charge in [0.1, 0.15) is 5.75 Å². The van der Waals surface area contributed by atoms with Gasteiger partial charge in [-0.25, -0.2) is 0 Å². The maximum absolute atomic E-state index is 10.8. The van der Waals surface area contributed by atoms with Gasteiger partial charge in [0.25, 0.3) is 5.69 Å². The number of hydrogen-bond acceptors (Lipinski definition) is 5. The Morgan fingerprint density at radius 3 is 2.91 bits per heavy atom. The molecule has 0 saturated heterocycles. The first-order valence-corrected chi connectivity index (χ1v) is 7.01. The van der Waals surface area contributed by atoms with Crippen molar-refractivity contribution in [2.75, 3.05) is 6.54 Å². The number of phenols is 1. The standard InChI is InChI=1S/C15H14N4O3S/c1-2-7-16-15(23)18-17-9-13-12-5-4-11(19(21)22)8-10(12)3-6-14(13)20/h2-6,8-9,20H,1,7H2,(H2,16,18,23)/b17-9+. The van der Waals surface area contributed by atoms with Crippen molar-refractivity contribution in [2.24, 2.45) is 5.10 Å². The summed E-state index contributed by atoms with van der Waals surface area (Å²) in [6, 6.07) is 7.46. The molecular weight excluding hydrogens is 316 g/mol. The second-order valence-corrected chi connectivity index (χ2v) is 4.94. The molecule has 7 nitrogen and oxygen atoms in total. The van der Waals surface area contributed by atoms with Crippen LogP contribution in [0.25, 0.3) is 10.8 Å². The minimum Gasteiger partial charge on any atom is -0.507 e. The number of nitro groups is 1. The van der Waals surface area contributed by atoms with E-state index in [0.29, 0.717) is 28.0 Å². The number of thiocarbonyl (C=S) groups is 1. The third-order valence-electron chi connectivity index (χ3n) is 3.00. The molecule has 3 N–H and O–H groups in total. The highest BCUT2D eigenvalue weighted by molar-refractivity contribution is 7.80. The van der Waals surface area contributed by atoms with Crippen LogP contribution in [-0.2, 0) is 0 Å². The van der Waals surface area contributed by atoms with Gasteiger partial charge in [0.15, 0.2) is 5.11 Å². The zero-order valence-electron chi connectivity index (χ0n) is 12.0. The summed E-state index contributed by atoms with van der Waals surface area (Å²) in [4.78, 5) is 10.4. The Kier molecular flexibility index (Phi) is 5.21. The van der Waals surface area contributed by atoms with E-state index in [1.807, 2.05) is 0 Å². The second kappa shape index (κ2) is 7.32. The summed E-state index contributed by atoms with van der Waals surface area (Å²) in [5, 5.41) is 29.2. The third kappa shape index (κ3) is 4.01. The average molecular weight is 330 g/mol. The summed E-state index contributed by atoms with van der Waals surface area (Å²) >= 11 is 4.99. The van der Waals surface area contributed by atoms with Crippen LogP contribution in [0.1, 0.15) is 5.56 Å². The lowest BCUT2D eigenvalue weighted by atomic mass is 10.0. The summed E-state index contributed by atoms with van der Waals surface area (Å²) in [6.07, 6.45) is 3.06. The van der Waals surface area contributed by atoms with Crippen molar-refractivity contribution in [1.29, 1.82) is 0 Å². The highest BCUT2D eigenvalue weighted by atomic mass is 32.1. The van der Waals surface area contributed by atoms with E-state index in [1.165, 1.54) is 24.4 Å². The van der Waals surface area contributed by atoms with Crippen molar-refractivity contribution >= 4 is 40.0 Å². The van der Waals surface area contributed by atoms with Gasteiger partial charge in [-0.05, 0) is 35.1 Å². The number of nitrogens with zero attached hydrogens (tertiary/aromatic N) is 2. The maximum atomic E-state index is 10.8. The zero-order chi connectivity index (χ0) is 16.8. The quantitative estimate of drug-likeness (QED) is 0.256. The SMILES string of the molecule is C=CCNC(=S)N/N=C/c1c(O)ccc2cc([N+](=O)[O-])ccc12. The molecule has 0 saturated carbocycles. The number of hydrazone groups is 1. The molecule has 0 heterocycles. The van der Waals surface area contributed by atoms with Crippen molar-refractivity contribution in [1.82, 2.24) is 10.7 Å².